The van der Waals surface area contributed by atoms with Gasteiger partial charge in [0.15, 0.2) is 5.82 Å². The second-order valence-electron chi connectivity index (χ2n) is 7.13. The second-order valence-corrected chi connectivity index (χ2v) is 8.87. The van der Waals surface area contributed by atoms with Crippen LogP contribution in [0.2, 0.25) is 0 Å². The number of carbonyl (C=O) groups excluding carboxylic acids is 1. The predicted molar refractivity (Wildman–Crippen MR) is 116 cm³/mol. The molecule has 0 unspecified atom stereocenters. The van der Waals surface area contributed by atoms with Crippen LogP contribution in [0.1, 0.15) is 29.8 Å². The van der Waals surface area contributed by atoms with Gasteiger partial charge in [-0.1, -0.05) is 6.07 Å². The van der Waals surface area contributed by atoms with Gasteiger partial charge in [0, 0.05) is 52.1 Å². The number of rotatable bonds is 6. The van der Waals surface area contributed by atoms with Gasteiger partial charge in [0.25, 0.3) is 0 Å². The van der Waals surface area contributed by atoms with Crippen molar-refractivity contribution in [3.63, 3.8) is 0 Å². The van der Waals surface area contributed by atoms with Gasteiger partial charge in [-0.25, -0.2) is 18.0 Å². The van der Waals surface area contributed by atoms with Gasteiger partial charge in [-0.2, -0.15) is 0 Å². The summed E-state index contributed by atoms with van der Waals surface area (Å²) < 4.78 is 44.1. The van der Waals surface area contributed by atoms with E-state index in [1.54, 1.807) is 44.6 Å². The number of ketones is 1. The number of nitrogens with one attached hydrogen (secondary N) is 2. The van der Waals surface area contributed by atoms with Crippen molar-refractivity contribution >= 4 is 33.5 Å². The van der Waals surface area contributed by atoms with Gasteiger partial charge in [-0.05, 0) is 38.1 Å². The molecule has 3 aromatic heterocycles. The largest absolute Gasteiger partial charge is 0.345 e. The molecule has 4 aromatic rings. The smallest absolute Gasteiger partial charge is 0.201 e. The van der Waals surface area contributed by atoms with Gasteiger partial charge >= 0.3 is 0 Å². The molecule has 1 atom stereocenters. The predicted octanol–water partition coefficient (Wildman–Crippen LogP) is 4.62. The number of H-pyrrole nitrogens is 1. The summed E-state index contributed by atoms with van der Waals surface area (Å²) in [5.74, 6) is -2.94. The fraction of sp³-hybridized carbons (Fsp3) is 0.136. The summed E-state index contributed by atoms with van der Waals surface area (Å²) in [5.41, 5.74) is 1.05. The first-order valence-corrected chi connectivity index (χ1v) is 10.7. The summed E-state index contributed by atoms with van der Waals surface area (Å²) >= 11 is 0. The molecule has 9 heteroatoms. The SMILES string of the molecule is CC(C)[S@@](=O)Nc1ccc(F)c(C(=O)c2c[nH]c3ncc(-c4cccnc4)cc23)c1F. The van der Waals surface area contributed by atoms with E-state index >= 15 is 4.39 Å². The molecule has 0 aliphatic heterocycles. The third kappa shape index (κ3) is 3.96. The molecule has 0 fully saturated rings. The number of fused-ring (bicyclic) bond motifs is 1. The van der Waals surface area contributed by atoms with E-state index in [0.29, 0.717) is 16.6 Å². The van der Waals surface area contributed by atoms with Crippen molar-refractivity contribution in [1.29, 1.82) is 0 Å². The highest BCUT2D eigenvalue weighted by atomic mass is 32.2. The van der Waals surface area contributed by atoms with Crippen molar-refractivity contribution in [2.24, 2.45) is 0 Å². The van der Waals surface area contributed by atoms with Crippen LogP contribution in [0.25, 0.3) is 22.2 Å². The van der Waals surface area contributed by atoms with Gasteiger partial charge in [0.2, 0.25) is 5.78 Å². The monoisotopic (exact) mass is 440 g/mol. The van der Waals surface area contributed by atoms with Crippen LogP contribution in [-0.2, 0) is 11.0 Å². The van der Waals surface area contributed by atoms with E-state index in [1.807, 2.05) is 6.07 Å². The lowest BCUT2D eigenvalue weighted by molar-refractivity contribution is 0.103. The first-order chi connectivity index (χ1) is 14.9. The summed E-state index contributed by atoms with van der Waals surface area (Å²) in [7, 11) is -1.59. The lowest BCUT2D eigenvalue weighted by atomic mass is 10.00. The van der Waals surface area contributed by atoms with Crippen molar-refractivity contribution in [3.8, 4) is 11.1 Å². The van der Waals surface area contributed by atoms with Crippen molar-refractivity contribution in [1.82, 2.24) is 15.0 Å². The Morgan fingerprint density at radius 3 is 2.68 bits per heavy atom. The maximum absolute atomic E-state index is 15.1. The fourth-order valence-corrected chi connectivity index (χ4v) is 3.69. The maximum atomic E-state index is 15.1. The molecule has 0 bridgehead atoms. The quantitative estimate of drug-likeness (QED) is 0.429. The van der Waals surface area contributed by atoms with Crippen LogP contribution in [-0.4, -0.2) is 30.2 Å². The minimum absolute atomic E-state index is 0.0770. The molecule has 0 aliphatic rings. The molecule has 158 valence electrons. The number of carbonyl (C=O) groups is 1. The van der Waals surface area contributed by atoms with Gasteiger partial charge in [0.05, 0.1) is 11.3 Å². The highest BCUT2D eigenvalue weighted by molar-refractivity contribution is 7.86. The number of aromatic amines is 1. The molecule has 6 nitrogen and oxygen atoms in total. The Balaban J connectivity index is 1.79. The molecule has 0 spiro atoms. The Labute approximate surface area is 179 Å². The third-order valence-corrected chi connectivity index (χ3v) is 6.00. The van der Waals surface area contributed by atoms with Crippen molar-refractivity contribution in [3.05, 3.63) is 77.9 Å². The van der Waals surface area contributed by atoms with E-state index in [2.05, 4.69) is 19.7 Å². The number of nitrogens with zero attached hydrogens (tertiary/aromatic N) is 2. The Bertz CT molecular complexity index is 1310. The molecule has 0 amide bonds. The number of hydrogen-bond donors (Lipinski definition) is 2. The molecule has 2 N–H and O–H groups in total. The summed E-state index contributed by atoms with van der Waals surface area (Å²) in [4.78, 5) is 24.4. The first-order valence-electron chi connectivity index (χ1n) is 9.44. The van der Waals surface area contributed by atoms with E-state index in [0.717, 1.165) is 17.7 Å². The highest BCUT2D eigenvalue weighted by Crippen LogP contribution is 2.29. The number of hydrogen-bond acceptors (Lipinski definition) is 4. The van der Waals surface area contributed by atoms with E-state index in [1.165, 1.54) is 6.20 Å². The normalized spacial score (nSPS) is 12.3. The lowest BCUT2D eigenvalue weighted by Crippen LogP contribution is -2.17. The van der Waals surface area contributed by atoms with Crippen molar-refractivity contribution in [2.75, 3.05) is 4.72 Å². The van der Waals surface area contributed by atoms with Gasteiger partial charge in [-0.3, -0.25) is 9.78 Å². The minimum atomic E-state index is -1.59. The Morgan fingerprint density at radius 1 is 1.16 bits per heavy atom. The molecule has 4 rings (SSSR count). The fourth-order valence-electron chi connectivity index (χ4n) is 3.08. The lowest BCUT2D eigenvalue weighted by Gasteiger charge is -2.12. The maximum Gasteiger partial charge on any atom is 0.201 e. The number of anilines is 1. The van der Waals surface area contributed by atoms with E-state index in [4.69, 9.17) is 0 Å². The van der Waals surface area contributed by atoms with Crippen LogP contribution in [0.3, 0.4) is 0 Å². The average Bonchev–Trinajstić information content (AvgIpc) is 3.19. The van der Waals surface area contributed by atoms with E-state index in [-0.39, 0.29) is 16.5 Å². The van der Waals surface area contributed by atoms with Crippen LogP contribution < -0.4 is 4.72 Å². The Hall–Kier alpha value is -3.46. The molecule has 3 heterocycles. The molecule has 0 saturated heterocycles. The zero-order valence-corrected chi connectivity index (χ0v) is 17.5. The summed E-state index contributed by atoms with van der Waals surface area (Å²) in [6.45, 7) is 3.38. The number of halogens is 2. The summed E-state index contributed by atoms with van der Waals surface area (Å²) in [6.07, 6.45) is 6.29. The Kier molecular flexibility index (Phi) is 5.60. The summed E-state index contributed by atoms with van der Waals surface area (Å²) in [6, 6.07) is 7.43. The van der Waals surface area contributed by atoms with E-state index < -0.39 is 34.0 Å². The van der Waals surface area contributed by atoms with Crippen molar-refractivity contribution in [2.45, 2.75) is 19.1 Å². The first kappa shape index (κ1) is 20.8. The second kappa shape index (κ2) is 8.35. The molecular formula is C22H18F2N4O2S. The topological polar surface area (TPSA) is 87.7 Å². The standard InChI is InChI=1S/C22H18F2N4O2S/c1-12(2)31(30)28-18-6-5-17(23)19(20(18)24)21(29)16-11-27-22-15(16)8-14(10-26-22)13-4-3-7-25-9-13/h3-12,28H,1-2H3,(H,26,27)/t31-/m1/s1. The average molecular weight is 440 g/mol. The van der Waals surface area contributed by atoms with Crippen LogP contribution in [0.5, 0.6) is 0 Å². The molecular weight excluding hydrogens is 422 g/mol. The number of aromatic nitrogens is 3. The van der Waals surface area contributed by atoms with Crippen LogP contribution in [0.4, 0.5) is 14.5 Å². The van der Waals surface area contributed by atoms with Gasteiger partial charge in [-0.15, -0.1) is 0 Å². The molecule has 31 heavy (non-hydrogen) atoms. The van der Waals surface area contributed by atoms with Crippen LogP contribution in [0, 0.1) is 11.6 Å². The van der Waals surface area contributed by atoms with Crippen LogP contribution in [0.15, 0.2) is 55.1 Å². The molecule has 0 radical (unpaired) electrons. The Morgan fingerprint density at radius 2 is 1.97 bits per heavy atom. The third-order valence-electron chi connectivity index (χ3n) is 4.73. The number of benzene rings is 1. The summed E-state index contributed by atoms with van der Waals surface area (Å²) in [5, 5.41) is 0.128. The van der Waals surface area contributed by atoms with Crippen LogP contribution >= 0.6 is 0 Å². The minimum Gasteiger partial charge on any atom is -0.345 e. The zero-order valence-electron chi connectivity index (χ0n) is 16.6. The molecule has 0 aliphatic carbocycles. The van der Waals surface area contributed by atoms with Crippen molar-refractivity contribution < 1.29 is 17.8 Å². The number of pyridine rings is 2. The van der Waals surface area contributed by atoms with Gasteiger partial charge < -0.3 is 9.71 Å². The zero-order chi connectivity index (χ0) is 22.1. The van der Waals surface area contributed by atoms with E-state index in [9.17, 15) is 13.4 Å². The molecule has 1 aromatic carbocycles. The highest BCUT2D eigenvalue weighted by Gasteiger charge is 2.25. The molecule has 0 saturated carbocycles. The van der Waals surface area contributed by atoms with Gasteiger partial charge in [0.1, 0.15) is 22.5 Å².